The SMILES string of the molecule is CC(C)C(C(=O)O)C(C(=O)NCCNC(=O)CCCCC1CCSS1)C(C)(C)C(C)C. The molecule has 1 fully saturated rings. The van der Waals surface area contributed by atoms with Gasteiger partial charge in [-0.3, -0.25) is 14.4 Å². The summed E-state index contributed by atoms with van der Waals surface area (Å²) in [7, 11) is 3.91. The zero-order valence-electron chi connectivity index (χ0n) is 20.0. The maximum absolute atomic E-state index is 13.0. The van der Waals surface area contributed by atoms with Gasteiger partial charge in [0.1, 0.15) is 0 Å². The molecular weight excluding hydrogens is 432 g/mol. The Morgan fingerprint density at radius 3 is 2.23 bits per heavy atom. The van der Waals surface area contributed by atoms with Gasteiger partial charge in [-0.2, -0.15) is 0 Å². The Bertz CT molecular complexity index is 590. The summed E-state index contributed by atoms with van der Waals surface area (Å²) in [5, 5.41) is 16.3. The number of carbonyl (C=O) groups is 3. The van der Waals surface area contributed by atoms with Crippen molar-refractivity contribution < 1.29 is 19.5 Å². The highest BCUT2D eigenvalue weighted by atomic mass is 33.1. The second-order valence-corrected chi connectivity index (χ2v) is 12.6. The van der Waals surface area contributed by atoms with Gasteiger partial charge in [-0.15, -0.1) is 0 Å². The largest absolute Gasteiger partial charge is 0.481 e. The molecule has 1 heterocycles. The number of hydrogen-bond acceptors (Lipinski definition) is 5. The standard InChI is InChI=1S/C23H42N2O4S2/c1-15(2)19(22(28)29)20(23(5,6)16(3)4)21(27)25-13-12-24-18(26)10-8-7-9-17-11-14-30-31-17/h15-17,19-20H,7-14H2,1-6H3,(H,24,26)(H,25,27)(H,28,29). The molecule has 0 aromatic rings. The van der Waals surface area contributed by atoms with Crippen molar-refractivity contribution in [2.45, 2.75) is 78.9 Å². The minimum Gasteiger partial charge on any atom is -0.481 e. The molecule has 0 aromatic carbocycles. The Morgan fingerprint density at radius 1 is 1.06 bits per heavy atom. The molecule has 0 saturated carbocycles. The first-order valence-electron chi connectivity index (χ1n) is 11.5. The highest BCUT2D eigenvalue weighted by molar-refractivity contribution is 8.77. The van der Waals surface area contributed by atoms with Crippen LogP contribution in [-0.2, 0) is 14.4 Å². The molecule has 3 atom stereocenters. The molecule has 1 saturated heterocycles. The molecule has 8 heteroatoms. The number of carbonyl (C=O) groups excluding carboxylic acids is 2. The molecule has 1 rings (SSSR count). The molecule has 1 aliphatic rings. The first-order chi connectivity index (χ1) is 14.5. The normalized spacial score (nSPS) is 18.8. The number of hydrogen-bond donors (Lipinski definition) is 3. The lowest BCUT2D eigenvalue weighted by Crippen LogP contribution is -2.50. The fraction of sp³-hybridized carbons (Fsp3) is 0.870. The quantitative estimate of drug-likeness (QED) is 0.252. The van der Waals surface area contributed by atoms with Gasteiger partial charge in [0.2, 0.25) is 11.8 Å². The van der Waals surface area contributed by atoms with Crippen LogP contribution < -0.4 is 10.6 Å². The van der Waals surface area contributed by atoms with Crippen LogP contribution in [-0.4, -0.2) is 47.0 Å². The Kier molecular flexibility index (Phi) is 12.4. The van der Waals surface area contributed by atoms with E-state index in [0.717, 1.165) is 18.1 Å². The number of aliphatic carboxylic acids is 1. The highest BCUT2D eigenvalue weighted by Crippen LogP contribution is 2.42. The van der Waals surface area contributed by atoms with Gasteiger partial charge in [-0.25, -0.2) is 0 Å². The van der Waals surface area contributed by atoms with Crippen LogP contribution >= 0.6 is 21.6 Å². The molecule has 0 aromatic heterocycles. The monoisotopic (exact) mass is 474 g/mol. The number of amides is 2. The van der Waals surface area contributed by atoms with Gasteiger partial charge in [-0.1, -0.05) is 69.6 Å². The summed E-state index contributed by atoms with van der Waals surface area (Å²) in [5.74, 6) is -1.37. The third-order valence-electron chi connectivity index (χ3n) is 6.59. The first-order valence-corrected chi connectivity index (χ1v) is 13.9. The van der Waals surface area contributed by atoms with Crippen molar-refractivity contribution in [3.8, 4) is 0 Å². The molecule has 31 heavy (non-hydrogen) atoms. The van der Waals surface area contributed by atoms with Crippen molar-refractivity contribution in [2.75, 3.05) is 18.8 Å². The predicted molar refractivity (Wildman–Crippen MR) is 131 cm³/mol. The number of rotatable bonds is 14. The third-order valence-corrected chi connectivity index (χ3v) is 9.59. The fourth-order valence-corrected chi connectivity index (χ4v) is 6.97. The van der Waals surface area contributed by atoms with Crippen LogP contribution in [0.3, 0.4) is 0 Å². The third kappa shape index (κ3) is 9.24. The molecule has 3 unspecified atom stereocenters. The van der Waals surface area contributed by atoms with Crippen molar-refractivity contribution in [1.82, 2.24) is 10.6 Å². The van der Waals surface area contributed by atoms with E-state index in [-0.39, 0.29) is 23.7 Å². The van der Waals surface area contributed by atoms with Crippen LogP contribution in [0.15, 0.2) is 0 Å². The fourth-order valence-electron chi connectivity index (χ4n) is 3.94. The Morgan fingerprint density at radius 2 is 1.71 bits per heavy atom. The van der Waals surface area contributed by atoms with Crippen molar-refractivity contribution in [1.29, 1.82) is 0 Å². The van der Waals surface area contributed by atoms with E-state index in [1.165, 1.54) is 18.6 Å². The molecule has 6 nitrogen and oxygen atoms in total. The predicted octanol–water partition coefficient (Wildman–Crippen LogP) is 4.59. The van der Waals surface area contributed by atoms with Crippen LogP contribution in [0.1, 0.15) is 73.6 Å². The van der Waals surface area contributed by atoms with E-state index in [9.17, 15) is 19.5 Å². The average Bonchev–Trinajstić information content (AvgIpc) is 3.19. The van der Waals surface area contributed by atoms with Gasteiger partial charge < -0.3 is 15.7 Å². The van der Waals surface area contributed by atoms with Crippen LogP contribution in [0.25, 0.3) is 0 Å². The summed E-state index contributed by atoms with van der Waals surface area (Å²) in [5.41, 5.74) is -0.475. The first kappa shape index (κ1) is 28.1. The van der Waals surface area contributed by atoms with Gasteiger partial charge in [0.15, 0.2) is 0 Å². The van der Waals surface area contributed by atoms with Crippen LogP contribution in [0, 0.1) is 29.1 Å². The van der Waals surface area contributed by atoms with E-state index in [1.807, 2.05) is 63.1 Å². The highest BCUT2D eigenvalue weighted by Gasteiger charge is 2.46. The zero-order chi connectivity index (χ0) is 23.6. The molecular formula is C23H42N2O4S2. The van der Waals surface area contributed by atoms with Crippen LogP contribution in [0.2, 0.25) is 0 Å². The summed E-state index contributed by atoms with van der Waals surface area (Å²) in [6.45, 7) is 12.3. The van der Waals surface area contributed by atoms with Crippen molar-refractivity contribution in [3.05, 3.63) is 0 Å². The lowest BCUT2D eigenvalue weighted by molar-refractivity contribution is -0.154. The minimum absolute atomic E-state index is 0.00681. The molecule has 180 valence electrons. The van der Waals surface area contributed by atoms with E-state index in [1.54, 1.807) is 0 Å². The molecule has 0 aliphatic carbocycles. The van der Waals surface area contributed by atoms with Gasteiger partial charge in [-0.05, 0) is 36.5 Å². The van der Waals surface area contributed by atoms with E-state index >= 15 is 0 Å². The van der Waals surface area contributed by atoms with Gasteiger partial charge in [0, 0.05) is 30.5 Å². The maximum Gasteiger partial charge on any atom is 0.307 e. The summed E-state index contributed by atoms with van der Waals surface area (Å²) < 4.78 is 0. The van der Waals surface area contributed by atoms with Crippen molar-refractivity contribution in [2.24, 2.45) is 29.1 Å². The number of carboxylic acids is 1. The second kappa shape index (κ2) is 13.6. The number of unbranched alkanes of at least 4 members (excludes halogenated alkanes) is 1. The van der Waals surface area contributed by atoms with Gasteiger partial charge in [0.25, 0.3) is 0 Å². The van der Waals surface area contributed by atoms with Crippen LogP contribution in [0.4, 0.5) is 0 Å². The molecule has 0 bridgehead atoms. The Labute approximate surface area is 196 Å². The summed E-state index contributed by atoms with van der Waals surface area (Å²) in [6.07, 6.45) is 4.92. The van der Waals surface area contributed by atoms with E-state index < -0.39 is 23.2 Å². The lowest BCUT2D eigenvalue weighted by Gasteiger charge is -2.41. The Hall–Kier alpha value is -0.890. The topological polar surface area (TPSA) is 95.5 Å². The summed E-state index contributed by atoms with van der Waals surface area (Å²) in [4.78, 5) is 37.0. The second-order valence-electron chi connectivity index (χ2n) is 9.78. The molecule has 0 spiro atoms. The lowest BCUT2D eigenvalue weighted by atomic mass is 9.63. The smallest absolute Gasteiger partial charge is 0.307 e. The molecule has 3 N–H and O–H groups in total. The maximum atomic E-state index is 13.0. The van der Waals surface area contributed by atoms with Gasteiger partial charge in [0.05, 0.1) is 11.8 Å². The molecule has 0 radical (unpaired) electrons. The summed E-state index contributed by atoms with van der Waals surface area (Å²) in [6, 6.07) is 0. The molecule has 2 amide bonds. The van der Waals surface area contributed by atoms with E-state index in [2.05, 4.69) is 10.6 Å². The van der Waals surface area contributed by atoms with Gasteiger partial charge >= 0.3 is 5.97 Å². The molecule has 1 aliphatic heterocycles. The van der Waals surface area contributed by atoms with Crippen molar-refractivity contribution >= 4 is 39.4 Å². The number of nitrogens with one attached hydrogen (secondary N) is 2. The summed E-state index contributed by atoms with van der Waals surface area (Å²) >= 11 is 0. The average molecular weight is 475 g/mol. The Balaban J connectivity index is 2.46. The zero-order valence-corrected chi connectivity index (χ0v) is 21.7. The van der Waals surface area contributed by atoms with E-state index in [4.69, 9.17) is 0 Å². The van der Waals surface area contributed by atoms with E-state index in [0.29, 0.717) is 19.5 Å². The number of carboxylic acid groups (broad SMARTS) is 1. The minimum atomic E-state index is -0.938. The van der Waals surface area contributed by atoms with Crippen LogP contribution in [0.5, 0.6) is 0 Å². The van der Waals surface area contributed by atoms with Crippen molar-refractivity contribution in [3.63, 3.8) is 0 Å².